The summed E-state index contributed by atoms with van der Waals surface area (Å²) >= 11 is 0. The number of hydrogen-bond donors (Lipinski definition) is 2. The molecule has 0 saturated carbocycles. The van der Waals surface area contributed by atoms with Gasteiger partial charge in [-0.25, -0.2) is 21.9 Å². The Bertz CT molecular complexity index is 579. The number of nitrogens with one attached hydrogen (secondary N) is 1. The van der Waals surface area contributed by atoms with Crippen molar-refractivity contribution in [3.05, 3.63) is 39.9 Å². The van der Waals surface area contributed by atoms with Crippen LogP contribution in [0.4, 0.5) is 14.5 Å². The van der Waals surface area contributed by atoms with Gasteiger partial charge in [0.15, 0.2) is 0 Å². The summed E-state index contributed by atoms with van der Waals surface area (Å²) in [5, 5.41) is 19.5. The van der Waals surface area contributed by atoms with Crippen molar-refractivity contribution in [2.75, 3.05) is 6.54 Å². The standard InChI is InChI=1S/C10H12F2N2O5S/c11-10(12)9(15)5-13-20(18,19)6-7-3-1-2-4-8(7)14(16)17/h1-4,9-10,13,15H,5-6H2. The Labute approximate surface area is 113 Å². The van der Waals surface area contributed by atoms with E-state index in [0.717, 1.165) is 6.07 Å². The summed E-state index contributed by atoms with van der Waals surface area (Å²) in [5.74, 6) is -0.736. The zero-order chi connectivity index (χ0) is 15.3. The highest BCUT2D eigenvalue weighted by Gasteiger charge is 2.23. The van der Waals surface area contributed by atoms with E-state index in [9.17, 15) is 27.3 Å². The lowest BCUT2D eigenvalue weighted by molar-refractivity contribution is -0.385. The van der Waals surface area contributed by atoms with E-state index in [0.29, 0.717) is 0 Å². The fraction of sp³-hybridized carbons (Fsp3) is 0.400. The van der Waals surface area contributed by atoms with E-state index in [-0.39, 0.29) is 11.3 Å². The van der Waals surface area contributed by atoms with Crippen molar-refractivity contribution in [2.45, 2.75) is 18.3 Å². The van der Waals surface area contributed by atoms with Gasteiger partial charge in [0.1, 0.15) is 6.10 Å². The fourth-order valence-electron chi connectivity index (χ4n) is 1.37. The Morgan fingerprint density at radius 1 is 1.35 bits per heavy atom. The molecule has 0 spiro atoms. The lowest BCUT2D eigenvalue weighted by atomic mass is 10.2. The van der Waals surface area contributed by atoms with Gasteiger partial charge in [0.25, 0.3) is 12.1 Å². The van der Waals surface area contributed by atoms with E-state index in [4.69, 9.17) is 5.11 Å². The lowest BCUT2D eigenvalue weighted by Gasteiger charge is -2.11. The molecule has 0 heterocycles. The molecule has 10 heteroatoms. The van der Waals surface area contributed by atoms with Crippen LogP contribution < -0.4 is 4.72 Å². The van der Waals surface area contributed by atoms with Crippen LogP contribution in [0.2, 0.25) is 0 Å². The molecular weight excluding hydrogens is 298 g/mol. The van der Waals surface area contributed by atoms with Gasteiger partial charge in [-0.1, -0.05) is 18.2 Å². The van der Waals surface area contributed by atoms with E-state index >= 15 is 0 Å². The maximum absolute atomic E-state index is 12.0. The van der Waals surface area contributed by atoms with Gasteiger partial charge >= 0.3 is 0 Å². The number of hydrogen-bond acceptors (Lipinski definition) is 5. The molecule has 0 aliphatic rings. The third kappa shape index (κ3) is 4.79. The number of nitrogens with zero attached hydrogens (tertiary/aromatic N) is 1. The van der Waals surface area contributed by atoms with Crippen LogP contribution in [0.3, 0.4) is 0 Å². The number of sulfonamides is 1. The van der Waals surface area contributed by atoms with Crippen LogP contribution in [-0.2, 0) is 15.8 Å². The van der Waals surface area contributed by atoms with Crippen LogP contribution in [0.25, 0.3) is 0 Å². The van der Waals surface area contributed by atoms with Crippen molar-refractivity contribution in [1.29, 1.82) is 0 Å². The molecule has 0 saturated heterocycles. The van der Waals surface area contributed by atoms with Crippen molar-refractivity contribution < 1.29 is 27.2 Å². The first kappa shape index (κ1) is 16.4. The molecule has 1 atom stereocenters. The number of aliphatic hydroxyl groups excluding tert-OH is 1. The zero-order valence-electron chi connectivity index (χ0n) is 10.1. The number of para-hydroxylation sites is 1. The van der Waals surface area contributed by atoms with Crippen LogP contribution >= 0.6 is 0 Å². The maximum atomic E-state index is 12.0. The molecule has 0 aromatic heterocycles. The molecule has 0 bridgehead atoms. The quantitative estimate of drug-likeness (QED) is 0.567. The number of benzene rings is 1. The van der Waals surface area contributed by atoms with Crippen LogP contribution in [0.5, 0.6) is 0 Å². The molecule has 1 aromatic rings. The van der Waals surface area contributed by atoms with Crippen molar-refractivity contribution in [2.24, 2.45) is 0 Å². The molecule has 0 aliphatic heterocycles. The van der Waals surface area contributed by atoms with Gasteiger partial charge in [-0.3, -0.25) is 10.1 Å². The molecule has 1 unspecified atom stereocenters. The Morgan fingerprint density at radius 2 is 1.95 bits per heavy atom. The molecule has 0 radical (unpaired) electrons. The molecule has 2 N–H and O–H groups in total. The summed E-state index contributed by atoms with van der Waals surface area (Å²) in [6.07, 6.45) is -5.21. The average molecular weight is 310 g/mol. The predicted molar refractivity (Wildman–Crippen MR) is 65.7 cm³/mol. The Kier molecular flexibility index (Phi) is 5.48. The molecule has 20 heavy (non-hydrogen) atoms. The second kappa shape index (κ2) is 6.68. The van der Waals surface area contributed by atoms with Gasteiger partial charge in [-0.15, -0.1) is 0 Å². The summed E-state index contributed by atoms with van der Waals surface area (Å²) in [7, 11) is -4.07. The summed E-state index contributed by atoms with van der Waals surface area (Å²) in [6, 6.07) is 5.19. The smallest absolute Gasteiger partial charge is 0.273 e. The molecule has 1 aromatic carbocycles. The van der Waals surface area contributed by atoms with Crippen LogP contribution in [0, 0.1) is 10.1 Å². The highest BCUT2D eigenvalue weighted by molar-refractivity contribution is 7.88. The minimum atomic E-state index is -4.07. The van der Waals surface area contributed by atoms with Gasteiger partial charge in [-0.2, -0.15) is 0 Å². The molecule has 0 fully saturated rings. The van der Waals surface area contributed by atoms with Crippen molar-refractivity contribution in [3.8, 4) is 0 Å². The number of alkyl halides is 2. The highest BCUT2D eigenvalue weighted by atomic mass is 32.2. The lowest BCUT2D eigenvalue weighted by Crippen LogP contribution is -2.36. The van der Waals surface area contributed by atoms with Gasteiger partial charge in [-0.05, 0) is 0 Å². The SMILES string of the molecule is O=[N+]([O-])c1ccccc1CS(=O)(=O)NCC(O)C(F)F. The molecule has 1 rings (SSSR count). The summed E-state index contributed by atoms with van der Waals surface area (Å²) in [5.41, 5.74) is -0.455. The molecule has 0 amide bonds. The number of nitro groups is 1. The van der Waals surface area contributed by atoms with E-state index in [1.54, 1.807) is 4.72 Å². The third-order valence-corrected chi connectivity index (χ3v) is 3.63. The number of aliphatic hydroxyl groups is 1. The van der Waals surface area contributed by atoms with Crippen LogP contribution in [-0.4, -0.2) is 37.5 Å². The molecule has 7 nitrogen and oxygen atoms in total. The zero-order valence-corrected chi connectivity index (χ0v) is 10.9. The highest BCUT2D eigenvalue weighted by Crippen LogP contribution is 2.19. The van der Waals surface area contributed by atoms with E-state index in [2.05, 4.69) is 0 Å². The van der Waals surface area contributed by atoms with Crippen LogP contribution in [0.1, 0.15) is 5.56 Å². The maximum Gasteiger partial charge on any atom is 0.273 e. The number of nitro benzene ring substituents is 1. The summed E-state index contributed by atoms with van der Waals surface area (Å²) < 4.78 is 49.1. The topological polar surface area (TPSA) is 110 Å². The number of halogens is 2. The summed E-state index contributed by atoms with van der Waals surface area (Å²) in [6.45, 7) is -0.860. The third-order valence-electron chi connectivity index (χ3n) is 2.34. The van der Waals surface area contributed by atoms with Crippen molar-refractivity contribution >= 4 is 15.7 Å². The Balaban J connectivity index is 2.79. The molecule has 0 aliphatic carbocycles. The minimum Gasteiger partial charge on any atom is -0.386 e. The number of rotatable bonds is 7. The van der Waals surface area contributed by atoms with Crippen LogP contribution in [0.15, 0.2) is 24.3 Å². The van der Waals surface area contributed by atoms with E-state index in [1.165, 1.54) is 18.2 Å². The van der Waals surface area contributed by atoms with Gasteiger partial charge < -0.3 is 5.11 Å². The second-order valence-electron chi connectivity index (χ2n) is 3.90. The first-order valence-electron chi connectivity index (χ1n) is 5.39. The van der Waals surface area contributed by atoms with Crippen molar-refractivity contribution in [3.63, 3.8) is 0 Å². The Morgan fingerprint density at radius 3 is 2.50 bits per heavy atom. The van der Waals surface area contributed by atoms with Gasteiger partial charge in [0.2, 0.25) is 10.0 Å². The average Bonchev–Trinajstić information content (AvgIpc) is 2.35. The molecule has 112 valence electrons. The predicted octanol–water partition coefficient (Wildman–Crippen LogP) is 0.640. The molecular formula is C10H12F2N2O5S. The van der Waals surface area contributed by atoms with E-state index in [1.807, 2.05) is 0 Å². The monoisotopic (exact) mass is 310 g/mol. The van der Waals surface area contributed by atoms with E-state index < -0.39 is 39.8 Å². The summed E-state index contributed by atoms with van der Waals surface area (Å²) in [4.78, 5) is 9.98. The fourth-order valence-corrected chi connectivity index (χ4v) is 2.55. The Hall–Kier alpha value is -1.65. The second-order valence-corrected chi connectivity index (χ2v) is 5.70. The normalized spacial score (nSPS) is 13.4. The first-order chi connectivity index (χ1) is 9.23. The largest absolute Gasteiger partial charge is 0.386 e. The first-order valence-corrected chi connectivity index (χ1v) is 7.04. The minimum absolute atomic E-state index is 0.0727. The van der Waals surface area contributed by atoms with Gasteiger partial charge in [0.05, 0.1) is 10.7 Å². The van der Waals surface area contributed by atoms with Gasteiger partial charge in [0, 0.05) is 18.2 Å². The van der Waals surface area contributed by atoms with Crippen molar-refractivity contribution in [1.82, 2.24) is 4.72 Å².